The Balaban J connectivity index is 1.14. The van der Waals surface area contributed by atoms with E-state index in [0.717, 1.165) is 44.6 Å². The van der Waals surface area contributed by atoms with E-state index >= 15 is 0 Å². The van der Waals surface area contributed by atoms with Gasteiger partial charge in [0.25, 0.3) is 0 Å². The minimum absolute atomic E-state index is 0.558. The van der Waals surface area contributed by atoms with Crippen LogP contribution in [0.15, 0.2) is 198 Å². The SMILES string of the molecule is C1=Cc2ccc(-c3ccc4c(c3)c3nc(-c5ccccc5)ccc3n4-c3ccccn3)cc2C2(c3ccccc31)c1ccccc1Sc1c2ccc2ccccc12. The summed E-state index contributed by atoms with van der Waals surface area (Å²) in [5, 5.41) is 3.64. The Labute approximate surface area is 334 Å². The molecule has 266 valence electrons. The summed E-state index contributed by atoms with van der Waals surface area (Å²) in [7, 11) is 0. The molecule has 4 heteroatoms. The zero-order valence-corrected chi connectivity index (χ0v) is 31.6. The molecule has 1 unspecified atom stereocenters. The molecule has 57 heavy (non-hydrogen) atoms. The second kappa shape index (κ2) is 12.5. The van der Waals surface area contributed by atoms with Crippen LogP contribution in [0.2, 0.25) is 0 Å². The fourth-order valence-corrected chi connectivity index (χ4v) is 10.8. The summed E-state index contributed by atoms with van der Waals surface area (Å²) in [6, 6.07) is 66.3. The van der Waals surface area contributed by atoms with Crippen LogP contribution in [0.3, 0.4) is 0 Å². The topological polar surface area (TPSA) is 30.7 Å². The molecule has 1 atom stereocenters. The molecule has 12 rings (SSSR count). The molecule has 0 bridgehead atoms. The normalized spacial score (nSPS) is 15.3. The third-order valence-corrected chi connectivity index (χ3v) is 13.2. The molecule has 2 aliphatic rings. The molecular weight excluding hydrogens is 711 g/mol. The Morgan fingerprint density at radius 2 is 1.21 bits per heavy atom. The Hall–Kier alpha value is -7.01. The molecule has 1 aliphatic carbocycles. The summed E-state index contributed by atoms with van der Waals surface area (Å²) in [4.78, 5) is 12.7. The van der Waals surface area contributed by atoms with E-state index in [4.69, 9.17) is 9.97 Å². The molecule has 4 heterocycles. The van der Waals surface area contributed by atoms with Crippen LogP contribution in [0.1, 0.15) is 33.4 Å². The molecule has 3 nitrogen and oxygen atoms in total. The van der Waals surface area contributed by atoms with Crippen molar-refractivity contribution in [1.82, 2.24) is 14.5 Å². The predicted molar refractivity (Wildman–Crippen MR) is 236 cm³/mol. The Morgan fingerprint density at radius 3 is 2.11 bits per heavy atom. The van der Waals surface area contributed by atoms with E-state index in [2.05, 4.69) is 181 Å². The Bertz CT molecular complexity index is 3270. The molecule has 1 aliphatic heterocycles. The van der Waals surface area contributed by atoms with Crippen molar-refractivity contribution >= 4 is 56.6 Å². The van der Waals surface area contributed by atoms with E-state index in [1.807, 2.05) is 36.2 Å². The van der Waals surface area contributed by atoms with Gasteiger partial charge in [0.15, 0.2) is 0 Å². The first-order valence-electron chi connectivity index (χ1n) is 19.4. The highest BCUT2D eigenvalue weighted by Gasteiger charge is 2.47. The van der Waals surface area contributed by atoms with Crippen molar-refractivity contribution in [1.29, 1.82) is 0 Å². The van der Waals surface area contributed by atoms with Crippen LogP contribution in [0.5, 0.6) is 0 Å². The highest BCUT2D eigenvalue weighted by molar-refractivity contribution is 7.99. The maximum absolute atomic E-state index is 5.35. The largest absolute Gasteiger partial charge is 0.292 e. The smallest absolute Gasteiger partial charge is 0.137 e. The lowest BCUT2D eigenvalue weighted by atomic mass is 9.63. The van der Waals surface area contributed by atoms with Crippen LogP contribution in [-0.4, -0.2) is 14.5 Å². The first-order chi connectivity index (χ1) is 28.3. The van der Waals surface area contributed by atoms with Gasteiger partial charge in [-0.25, -0.2) is 9.97 Å². The van der Waals surface area contributed by atoms with Crippen LogP contribution in [0.4, 0.5) is 0 Å². The third kappa shape index (κ3) is 4.74. The molecule has 0 amide bonds. The van der Waals surface area contributed by atoms with Crippen molar-refractivity contribution < 1.29 is 0 Å². The zero-order valence-electron chi connectivity index (χ0n) is 30.8. The highest BCUT2D eigenvalue weighted by atomic mass is 32.2. The Kier molecular flexibility index (Phi) is 7.08. The van der Waals surface area contributed by atoms with Gasteiger partial charge in [-0.2, -0.15) is 0 Å². The van der Waals surface area contributed by atoms with Gasteiger partial charge in [0.1, 0.15) is 5.82 Å². The number of hydrogen-bond donors (Lipinski definition) is 0. The first kappa shape index (κ1) is 32.3. The van der Waals surface area contributed by atoms with E-state index in [0.29, 0.717) is 0 Å². The van der Waals surface area contributed by atoms with Crippen LogP contribution >= 0.6 is 11.8 Å². The van der Waals surface area contributed by atoms with Gasteiger partial charge in [-0.05, 0) is 104 Å². The van der Waals surface area contributed by atoms with E-state index in [9.17, 15) is 0 Å². The Morgan fingerprint density at radius 1 is 0.474 bits per heavy atom. The standard InChI is InChI=1S/C53H33N3S/c1-2-14-37(15-3-1)46-28-30-48-51(55-46)41-32-38(26-29-47(41)56(48)50-20-10-11-31-54-50)39-24-23-36-22-21-35-13-5-7-17-42(35)53(45(36)33-39)43-18-8-9-19-49(43)57-52-40-16-6-4-12-34(40)25-27-44(52)53/h1-33H. The van der Waals surface area contributed by atoms with Crippen LogP contribution < -0.4 is 0 Å². The number of hydrogen-bond acceptors (Lipinski definition) is 3. The quantitative estimate of drug-likeness (QED) is 0.181. The average molecular weight is 744 g/mol. The summed E-state index contributed by atoms with van der Waals surface area (Å²) >= 11 is 1.90. The number of pyridine rings is 2. The maximum atomic E-state index is 5.35. The van der Waals surface area contributed by atoms with Crippen molar-refractivity contribution in [2.75, 3.05) is 0 Å². The minimum Gasteiger partial charge on any atom is -0.292 e. The van der Waals surface area contributed by atoms with Gasteiger partial charge in [-0.3, -0.25) is 4.57 Å². The monoisotopic (exact) mass is 743 g/mol. The van der Waals surface area contributed by atoms with E-state index < -0.39 is 5.41 Å². The molecule has 0 saturated carbocycles. The fourth-order valence-electron chi connectivity index (χ4n) is 9.43. The minimum atomic E-state index is -0.558. The molecule has 0 N–H and O–H groups in total. The molecule has 7 aromatic carbocycles. The maximum Gasteiger partial charge on any atom is 0.137 e. The fraction of sp³-hybridized carbons (Fsp3) is 0.0189. The third-order valence-electron chi connectivity index (χ3n) is 11.9. The van der Waals surface area contributed by atoms with Crippen LogP contribution in [0.25, 0.3) is 73.1 Å². The number of aromatic nitrogens is 3. The number of rotatable bonds is 3. The summed E-state index contributed by atoms with van der Waals surface area (Å²) in [6.07, 6.45) is 6.48. The van der Waals surface area contributed by atoms with Gasteiger partial charge in [0, 0.05) is 26.9 Å². The van der Waals surface area contributed by atoms with Gasteiger partial charge in [-0.15, -0.1) is 0 Å². The highest BCUT2D eigenvalue weighted by Crippen LogP contribution is 2.59. The van der Waals surface area contributed by atoms with Crippen LogP contribution in [0, 0.1) is 0 Å². The molecule has 3 aromatic heterocycles. The number of benzene rings is 7. The lowest BCUT2D eigenvalue weighted by molar-refractivity contribution is 0.704. The zero-order chi connectivity index (χ0) is 37.5. The number of nitrogens with zero attached hydrogens (tertiary/aromatic N) is 3. The van der Waals surface area contributed by atoms with Gasteiger partial charge in [-0.1, -0.05) is 157 Å². The van der Waals surface area contributed by atoms with Crippen molar-refractivity contribution in [3.05, 3.63) is 222 Å². The molecule has 0 fully saturated rings. The molecule has 0 saturated heterocycles. The summed E-state index contributed by atoms with van der Waals surface area (Å²) in [5.74, 6) is 0.872. The lowest BCUT2D eigenvalue weighted by Crippen LogP contribution is -2.35. The summed E-state index contributed by atoms with van der Waals surface area (Å²) in [5.41, 5.74) is 14.5. The second-order valence-electron chi connectivity index (χ2n) is 14.9. The van der Waals surface area contributed by atoms with Crippen molar-refractivity contribution in [3.63, 3.8) is 0 Å². The number of fused-ring (bicyclic) bond motifs is 13. The van der Waals surface area contributed by atoms with Gasteiger partial charge in [0.05, 0.1) is 27.7 Å². The van der Waals surface area contributed by atoms with E-state index in [-0.39, 0.29) is 0 Å². The van der Waals surface area contributed by atoms with Crippen LogP contribution in [-0.2, 0) is 5.41 Å². The predicted octanol–water partition coefficient (Wildman–Crippen LogP) is 13.4. The second-order valence-corrected chi connectivity index (χ2v) is 16.0. The van der Waals surface area contributed by atoms with Gasteiger partial charge < -0.3 is 0 Å². The lowest BCUT2D eigenvalue weighted by Gasteiger charge is -2.43. The average Bonchev–Trinajstić information content (AvgIpc) is 3.53. The molecular formula is C53H33N3S. The van der Waals surface area contributed by atoms with E-state index in [1.54, 1.807) is 0 Å². The first-order valence-corrected chi connectivity index (χ1v) is 20.2. The van der Waals surface area contributed by atoms with E-state index in [1.165, 1.54) is 59.5 Å². The van der Waals surface area contributed by atoms with Gasteiger partial charge in [0.2, 0.25) is 0 Å². The molecule has 1 spiro atoms. The summed E-state index contributed by atoms with van der Waals surface area (Å²) in [6.45, 7) is 0. The van der Waals surface area contributed by atoms with Crippen molar-refractivity contribution in [2.24, 2.45) is 0 Å². The van der Waals surface area contributed by atoms with Gasteiger partial charge >= 0.3 is 0 Å². The summed E-state index contributed by atoms with van der Waals surface area (Å²) < 4.78 is 2.24. The molecule has 0 radical (unpaired) electrons. The molecule has 10 aromatic rings. The van der Waals surface area contributed by atoms with Crippen molar-refractivity contribution in [2.45, 2.75) is 15.2 Å². The van der Waals surface area contributed by atoms with Crippen molar-refractivity contribution in [3.8, 4) is 28.2 Å².